The fourth-order valence-electron chi connectivity index (χ4n) is 9.05. The first-order valence-corrected chi connectivity index (χ1v) is 29.2. The Morgan fingerprint density at radius 2 is 0.508 bits per heavy atom. The van der Waals surface area contributed by atoms with E-state index in [1.54, 1.807) is 0 Å². The fourth-order valence-corrected chi connectivity index (χ4v) is 9.05. The smallest absolute Gasteiger partial charge is 0.306 e. The lowest BCUT2D eigenvalue weighted by atomic mass is 10.0. The standard InChI is InChI=1S/C59H114O6/c1-6-7-8-9-10-11-12-13-14-15-16-20-23-26-29-34-39-44-49-57(60)63-52-56(53-64-58(61)50-45-40-36-31-33-38-43-48-55(4)5)65-59(62)51-46-41-35-30-27-24-21-18-17-19-22-25-28-32-37-42-47-54(2)3/h54-56H,6-53H2,1-5H3/t56-/m1/s1. The van der Waals surface area contributed by atoms with Crippen molar-refractivity contribution in [1.82, 2.24) is 0 Å². The minimum atomic E-state index is -0.763. The van der Waals surface area contributed by atoms with Crippen molar-refractivity contribution in [2.24, 2.45) is 11.8 Å². The van der Waals surface area contributed by atoms with Crippen molar-refractivity contribution >= 4 is 17.9 Å². The molecule has 0 saturated heterocycles. The molecule has 0 unspecified atom stereocenters. The van der Waals surface area contributed by atoms with E-state index in [0.717, 1.165) is 69.6 Å². The van der Waals surface area contributed by atoms with Crippen LogP contribution in [-0.4, -0.2) is 37.2 Å². The molecule has 6 heteroatoms. The highest BCUT2D eigenvalue weighted by Gasteiger charge is 2.19. The summed E-state index contributed by atoms with van der Waals surface area (Å²) in [5.41, 5.74) is 0. The Bertz CT molecular complexity index is 993. The molecule has 0 amide bonds. The molecule has 65 heavy (non-hydrogen) atoms. The molecule has 1 atom stereocenters. The zero-order chi connectivity index (χ0) is 47.5. The van der Waals surface area contributed by atoms with E-state index >= 15 is 0 Å². The first-order chi connectivity index (χ1) is 31.7. The van der Waals surface area contributed by atoms with Gasteiger partial charge in [-0.2, -0.15) is 0 Å². The molecule has 0 aromatic rings. The quantitative estimate of drug-likeness (QED) is 0.0344. The van der Waals surface area contributed by atoms with Crippen LogP contribution < -0.4 is 0 Å². The van der Waals surface area contributed by atoms with Crippen LogP contribution in [0.4, 0.5) is 0 Å². The van der Waals surface area contributed by atoms with E-state index < -0.39 is 6.10 Å². The third-order valence-corrected chi connectivity index (χ3v) is 13.5. The van der Waals surface area contributed by atoms with Crippen LogP contribution >= 0.6 is 0 Å². The molecule has 0 radical (unpaired) electrons. The molecule has 0 aliphatic heterocycles. The van der Waals surface area contributed by atoms with Crippen LogP contribution in [0.2, 0.25) is 0 Å². The van der Waals surface area contributed by atoms with Crippen LogP contribution in [0, 0.1) is 11.8 Å². The Labute approximate surface area is 406 Å². The highest BCUT2D eigenvalue weighted by Crippen LogP contribution is 2.18. The minimum absolute atomic E-state index is 0.0632. The molecule has 0 N–H and O–H groups in total. The lowest BCUT2D eigenvalue weighted by Crippen LogP contribution is -2.30. The summed E-state index contributed by atoms with van der Waals surface area (Å²) in [5, 5.41) is 0. The normalized spacial score (nSPS) is 12.0. The van der Waals surface area contributed by atoms with Crippen LogP contribution in [0.1, 0.15) is 330 Å². The second kappa shape index (κ2) is 51.8. The average molecular weight is 920 g/mol. The van der Waals surface area contributed by atoms with Gasteiger partial charge in [-0.25, -0.2) is 0 Å². The van der Waals surface area contributed by atoms with Crippen molar-refractivity contribution < 1.29 is 28.6 Å². The van der Waals surface area contributed by atoms with Crippen LogP contribution in [0.3, 0.4) is 0 Å². The molecule has 0 saturated carbocycles. The molecule has 0 aromatic heterocycles. The van der Waals surface area contributed by atoms with Gasteiger partial charge in [0.1, 0.15) is 13.2 Å². The van der Waals surface area contributed by atoms with Crippen LogP contribution in [0.15, 0.2) is 0 Å². The maximum Gasteiger partial charge on any atom is 0.306 e. The van der Waals surface area contributed by atoms with Gasteiger partial charge in [0, 0.05) is 19.3 Å². The highest BCUT2D eigenvalue weighted by molar-refractivity contribution is 5.71. The molecule has 0 bridgehead atoms. The molecule has 0 aliphatic rings. The third-order valence-electron chi connectivity index (χ3n) is 13.5. The van der Waals surface area contributed by atoms with Crippen molar-refractivity contribution in [3.8, 4) is 0 Å². The summed E-state index contributed by atoms with van der Waals surface area (Å²) in [4.78, 5) is 38.1. The number of hydrogen-bond donors (Lipinski definition) is 0. The SMILES string of the molecule is CCCCCCCCCCCCCCCCCCCCC(=O)OC[C@H](COC(=O)CCCCCCCCCC(C)C)OC(=O)CCCCCCCCCCCCCCCCCCC(C)C. The summed E-state index contributed by atoms with van der Waals surface area (Å²) in [5.74, 6) is 0.791. The number of ether oxygens (including phenoxy) is 3. The topological polar surface area (TPSA) is 78.9 Å². The van der Waals surface area contributed by atoms with Crippen LogP contribution in [0.25, 0.3) is 0 Å². The Morgan fingerprint density at radius 3 is 0.754 bits per heavy atom. The molecule has 0 fully saturated rings. The number of hydrogen-bond acceptors (Lipinski definition) is 6. The Kier molecular flexibility index (Phi) is 50.5. The molecule has 0 aromatic carbocycles. The Balaban J connectivity index is 4.23. The van der Waals surface area contributed by atoms with E-state index in [9.17, 15) is 14.4 Å². The molecule has 386 valence electrons. The van der Waals surface area contributed by atoms with Gasteiger partial charge in [0.2, 0.25) is 0 Å². The van der Waals surface area contributed by atoms with Crippen molar-refractivity contribution in [3.63, 3.8) is 0 Å². The van der Waals surface area contributed by atoms with Gasteiger partial charge in [-0.05, 0) is 31.1 Å². The van der Waals surface area contributed by atoms with Gasteiger partial charge in [-0.1, -0.05) is 291 Å². The Morgan fingerprint density at radius 1 is 0.292 bits per heavy atom. The van der Waals surface area contributed by atoms with Gasteiger partial charge in [0.25, 0.3) is 0 Å². The van der Waals surface area contributed by atoms with Gasteiger partial charge < -0.3 is 14.2 Å². The maximum absolute atomic E-state index is 12.8. The Hall–Kier alpha value is -1.59. The number of carbonyl (C=O) groups is 3. The first kappa shape index (κ1) is 63.4. The number of esters is 3. The van der Waals surface area contributed by atoms with Crippen molar-refractivity contribution in [2.45, 2.75) is 336 Å². The highest BCUT2D eigenvalue weighted by atomic mass is 16.6. The summed E-state index contributed by atoms with van der Waals surface area (Å²) < 4.78 is 16.9. The molecule has 0 heterocycles. The van der Waals surface area contributed by atoms with Crippen molar-refractivity contribution in [2.75, 3.05) is 13.2 Å². The first-order valence-electron chi connectivity index (χ1n) is 29.2. The van der Waals surface area contributed by atoms with Gasteiger partial charge >= 0.3 is 17.9 Å². The van der Waals surface area contributed by atoms with E-state index in [4.69, 9.17) is 14.2 Å². The molecular formula is C59H114O6. The largest absolute Gasteiger partial charge is 0.462 e. The minimum Gasteiger partial charge on any atom is -0.462 e. The summed E-state index contributed by atoms with van der Waals surface area (Å²) >= 11 is 0. The van der Waals surface area contributed by atoms with E-state index in [2.05, 4.69) is 34.6 Å². The predicted octanol–water partition coefficient (Wildman–Crippen LogP) is 19.3. The fraction of sp³-hybridized carbons (Fsp3) is 0.949. The van der Waals surface area contributed by atoms with Crippen molar-refractivity contribution in [3.05, 3.63) is 0 Å². The lowest BCUT2D eigenvalue weighted by Gasteiger charge is -2.18. The van der Waals surface area contributed by atoms with Gasteiger partial charge in [-0.3, -0.25) is 14.4 Å². The second-order valence-corrected chi connectivity index (χ2v) is 21.2. The lowest BCUT2D eigenvalue weighted by molar-refractivity contribution is -0.167. The van der Waals surface area contributed by atoms with Crippen LogP contribution in [-0.2, 0) is 28.6 Å². The second-order valence-electron chi connectivity index (χ2n) is 21.2. The summed E-state index contributed by atoms with van der Waals surface area (Å²) in [7, 11) is 0. The zero-order valence-corrected chi connectivity index (χ0v) is 44.6. The summed E-state index contributed by atoms with van der Waals surface area (Å²) in [6.45, 7) is 11.4. The van der Waals surface area contributed by atoms with Gasteiger partial charge in [0.15, 0.2) is 6.10 Å². The molecular weight excluding hydrogens is 805 g/mol. The third kappa shape index (κ3) is 53.2. The molecule has 6 nitrogen and oxygen atoms in total. The summed E-state index contributed by atoms with van der Waals surface area (Å²) in [6.07, 6.45) is 55.4. The van der Waals surface area contributed by atoms with E-state index in [-0.39, 0.29) is 31.1 Å². The number of carbonyl (C=O) groups excluding carboxylic acids is 3. The molecule has 0 aliphatic carbocycles. The summed E-state index contributed by atoms with van der Waals surface area (Å²) in [6, 6.07) is 0. The number of unbranched alkanes of at least 4 members (excludes halogenated alkanes) is 38. The average Bonchev–Trinajstić information content (AvgIpc) is 3.28. The van der Waals surface area contributed by atoms with Crippen molar-refractivity contribution in [1.29, 1.82) is 0 Å². The van der Waals surface area contributed by atoms with E-state index in [0.29, 0.717) is 19.3 Å². The van der Waals surface area contributed by atoms with E-state index in [1.165, 1.54) is 218 Å². The number of rotatable bonds is 53. The molecule has 0 spiro atoms. The monoisotopic (exact) mass is 919 g/mol. The van der Waals surface area contributed by atoms with E-state index in [1.807, 2.05) is 0 Å². The van der Waals surface area contributed by atoms with Crippen LogP contribution in [0.5, 0.6) is 0 Å². The zero-order valence-electron chi connectivity index (χ0n) is 44.6. The van der Waals surface area contributed by atoms with Gasteiger partial charge in [0.05, 0.1) is 0 Å². The maximum atomic E-state index is 12.8. The predicted molar refractivity (Wildman–Crippen MR) is 280 cm³/mol. The van der Waals surface area contributed by atoms with Gasteiger partial charge in [-0.15, -0.1) is 0 Å². The molecule has 0 rings (SSSR count).